The highest BCUT2D eigenvalue weighted by molar-refractivity contribution is 7.86. The molecule has 0 radical (unpaired) electrons. The van der Waals surface area contributed by atoms with Crippen molar-refractivity contribution in [1.29, 1.82) is 0 Å². The average Bonchev–Trinajstić information content (AvgIpc) is 2.62. The number of pyridine rings is 2. The summed E-state index contributed by atoms with van der Waals surface area (Å²) in [6.45, 7) is 0. The van der Waals surface area contributed by atoms with E-state index in [-0.39, 0.29) is 17.0 Å². The second-order valence-electron chi connectivity index (χ2n) is 5.70. The first-order chi connectivity index (χ1) is 12.7. The quantitative estimate of drug-likeness (QED) is 0.381. The minimum absolute atomic E-state index is 0.00947. The van der Waals surface area contributed by atoms with E-state index in [1.807, 2.05) is 0 Å². The molecule has 1 aliphatic rings. The SMILES string of the molecule is O=S(=O)(O)C1O[C@@H](Oc2ccc(-c3cccnc3F)nc2)[C@H](O)[C@@H](O)[C@@H]1O. The number of ether oxygens (including phenoxy) is 2. The summed E-state index contributed by atoms with van der Waals surface area (Å²) in [6.07, 6.45) is -5.14. The Labute approximate surface area is 152 Å². The van der Waals surface area contributed by atoms with Crippen LogP contribution < -0.4 is 4.74 Å². The molecule has 4 N–H and O–H groups in total. The molecule has 1 saturated heterocycles. The molecule has 27 heavy (non-hydrogen) atoms. The van der Waals surface area contributed by atoms with Crippen LogP contribution in [-0.4, -0.2) is 68.3 Å². The van der Waals surface area contributed by atoms with Crippen LogP contribution in [0.25, 0.3) is 11.3 Å². The number of rotatable bonds is 4. The first kappa shape index (κ1) is 19.5. The monoisotopic (exact) mass is 402 g/mol. The molecule has 5 atom stereocenters. The number of hydrogen-bond acceptors (Lipinski definition) is 9. The van der Waals surface area contributed by atoms with Crippen molar-refractivity contribution in [2.75, 3.05) is 0 Å². The molecule has 1 aliphatic heterocycles. The van der Waals surface area contributed by atoms with Gasteiger partial charge in [0.25, 0.3) is 10.1 Å². The molecule has 3 rings (SSSR count). The van der Waals surface area contributed by atoms with Gasteiger partial charge in [0.2, 0.25) is 17.7 Å². The summed E-state index contributed by atoms with van der Waals surface area (Å²) in [7, 11) is -4.89. The van der Waals surface area contributed by atoms with Gasteiger partial charge in [0.1, 0.15) is 24.1 Å². The number of halogens is 1. The van der Waals surface area contributed by atoms with E-state index in [9.17, 15) is 28.1 Å². The van der Waals surface area contributed by atoms with E-state index in [1.54, 1.807) is 0 Å². The molecule has 1 unspecified atom stereocenters. The maximum atomic E-state index is 13.7. The van der Waals surface area contributed by atoms with Crippen LogP contribution in [0.1, 0.15) is 0 Å². The zero-order valence-electron chi connectivity index (χ0n) is 13.5. The Bertz CT molecular complexity index is 910. The third-order valence-electron chi connectivity index (χ3n) is 3.84. The summed E-state index contributed by atoms with van der Waals surface area (Å²) in [5.74, 6) is -0.734. The number of nitrogens with zero attached hydrogens (tertiary/aromatic N) is 2. The minimum Gasteiger partial charge on any atom is -0.460 e. The second-order valence-corrected chi connectivity index (χ2v) is 7.19. The highest BCUT2D eigenvalue weighted by Crippen LogP contribution is 2.27. The molecule has 0 saturated carbocycles. The van der Waals surface area contributed by atoms with E-state index in [1.165, 1.54) is 30.5 Å². The Morgan fingerprint density at radius 3 is 2.41 bits per heavy atom. The molecule has 1 fully saturated rings. The maximum absolute atomic E-state index is 13.7. The Balaban J connectivity index is 1.79. The molecule has 2 aromatic heterocycles. The Kier molecular flexibility index (Phi) is 5.37. The Hall–Kier alpha value is -2.22. The molecule has 0 aromatic carbocycles. The van der Waals surface area contributed by atoms with Gasteiger partial charge in [0.05, 0.1) is 17.5 Å². The van der Waals surface area contributed by atoms with E-state index in [4.69, 9.17) is 14.0 Å². The lowest BCUT2D eigenvalue weighted by Gasteiger charge is -2.38. The molecule has 0 bridgehead atoms. The lowest BCUT2D eigenvalue weighted by atomic mass is 10.1. The van der Waals surface area contributed by atoms with Crippen LogP contribution in [0.3, 0.4) is 0 Å². The van der Waals surface area contributed by atoms with Crippen LogP contribution >= 0.6 is 0 Å². The molecule has 0 aliphatic carbocycles. The molecule has 2 aromatic rings. The molecule has 10 nitrogen and oxygen atoms in total. The summed E-state index contributed by atoms with van der Waals surface area (Å²) in [5.41, 5.74) is -1.83. The summed E-state index contributed by atoms with van der Waals surface area (Å²) in [5, 5.41) is 29.3. The molecule has 0 amide bonds. The van der Waals surface area contributed by atoms with E-state index < -0.39 is 46.1 Å². The van der Waals surface area contributed by atoms with Crippen molar-refractivity contribution < 1.29 is 42.2 Å². The van der Waals surface area contributed by atoms with Gasteiger partial charge in [-0.05, 0) is 24.3 Å². The molecule has 12 heteroatoms. The highest BCUT2D eigenvalue weighted by atomic mass is 32.2. The van der Waals surface area contributed by atoms with Crippen LogP contribution in [0.4, 0.5) is 4.39 Å². The third kappa shape index (κ3) is 4.05. The fraction of sp³-hybridized carbons (Fsp3) is 0.333. The highest BCUT2D eigenvalue weighted by Gasteiger charge is 2.50. The molecular formula is C15H15FN2O8S. The predicted molar refractivity (Wildman–Crippen MR) is 86.3 cm³/mol. The van der Waals surface area contributed by atoms with E-state index in [0.29, 0.717) is 0 Å². The van der Waals surface area contributed by atoms with Crippen LogP contribution in [0.5, 0.6) is 5.75 Å². The van der Waals surface area contributed by atoms with Gasteiger partial charge in [-0.25, -0.2) is 4.98 Å². The average molecular weight is 402 g/mol. The maximum Gasteiger partial charge on any atom is 0.295 e. The first-order valence-electron chi connectivity index (χ1n) is 7.58. The van der Waals surface area contributed by atoms with Gasteiger partial charge < -0.3 is 24.8 Å². The van der Waals surface area contributed by atoms with Crippen LogP contribution in [-0.2, 0) is 14.9 Å². The smallest absolute Gasteiger partial charge is 0.295 e. The number of aliphatic hydroxyl groups is 3. The molecular weight excluding hydrogens is 387 g/mol. The fourth-order valence-corrected chi connectivity index (χ4v) is 3.24. The minimum atomic E-state index is -4.89. The van der Waals surface area contributed by atoms with E-state index >= 15 is 0 Å². The van der Waals surface area contributed by atoms with Crippen molar-refractivity contribution >= 4 is 10.1 Å². The molecule has 0 spiro atoms. The van der Waals surface area contributed by atoms with Crippen LogP contribution in [0.2, 0.25) is 0 Å². The standard InChI is InChI=1S/C15H15FN2O8S/c16-13-8(2-1-5-17-13)9-4-3-7(6-18-9)25-14-11(20)10(19)12(21)15(26-14)27(22,23)24/h1-6,10-12,14-15,19-21H,(H,22,23,24)/t10-,11-,12+,14-,15?/m1/s1. The van der Waals surface area contributed by atoms with E-state index in [0.717, 1.165) is 6.20 Å². The van der Waals surface area contributed by atoms with Gasteiger partial charge in [-0.2, -0.15) is 12.8 Å². The van der Waals surface area contributed by atoms with E-state index in [2.05, 4.69) is 9.97 Å². The zero-order valence-corrected chi connectivity index (χ0v) is 14.3. The zero-order chi connectivity index (χ0) is 19.8. The third-order valence-corrected chi connectivity index (χ3v) is 4.82. The van der Waals surface area contributed by atoms with Crippen molar-refractivity contribution in [3.63, 3.8) is 0 Å². The number of aliphatic hydroxyl groups excluding tert-OH is 3. The summed E-state index contributed by atoms with van der Waals surface area (Å²) >= 11 is 0. The van der Waals surface area contributed by atoms with Crippen molar-refractivity contribution in [3.05, 3.63) is 42.6 Å². The van der Waals surface area contributed by atoms with Crippen molar-refractivity contribution in [2.45, 2.75) is 30.0 Å². The summed E-state index contributed by atoms with van der Waals surface area (Å²) < 4.78 is 55.3. The number of hydrogen-bond donors (Lipinski definition) is 4. The van der Waals surface area contributed by atoms with Crippen LogP contribution in [0, 0.1) is 5.95 Å². The van der Waals surface area contributed by atoms with Crippen molar-refractivity contribution in [3.8, 4) is 17.0 Å². The summed E-state index contributed by atoms with van der Waals surface area (Å²) in [6, 6.07) is 5.72. The Morgan fingerprint density at radius 1 is 1.07 bits per heavy atom. The van der Waals surface area contributed by atoms with Gasteiger partial charge in [-0.1, -0.05) is 0 Å². The topological polar surface area (TPSA) is 159 Å². The van der Waals surface area contributed by atoms with Crippen LogP contribution in [0.15, 0.2) is 36.7 Å². The first-order valence-corrected chi connectivity index (χ1v) is 9.08. The summed E-state index contributed by atoms with van der Waals surface area (Å²) in [4.78, 5) is 7.49. The van der Waals surface area contributed by atoms with Crippen molar-refractivity contribution in [2.24, 2.45) is 0 Å². The normalized spacial score (nSPS) is 28.7. The van der Waals surface area contributed by atoms with Gasteiger partial charge >= 0.3 is 0 Å². The molecule has 3 heterocycles. The number of aromatic nitrogens is 2. The van der Waals surface area contributed by atoms with Gasteiger partial charge in [-0.15, -0.1) is 0 Å². The lowest BCUT2D eigenvalue weighted by molar-refractivity contribution is -0.254. The van der Waals surface area contributed by atoms with Gasteiger partial charge in [0.15, 0.2) is 0 Å². The Morgan fingerprint density at radius 2 is 1.81 bits per heavy atom. The largest absolute Gasteiger partial charge is 0.460 e. The van der Waals surface area contributed by atoms with Crippen molar-refractivity contribution in [1.82, 2.24) is 9.97 Å². The van der Waals surface area contributed by atoms with Gasteiger partial charge in [-0.3, -0.25) is 9.54 Å². The second kappa shape index (κ2) is 7.42. The fourth-order valence-electron chi connectivity index (χ4n) is 2.48. The lowest BCUT2D eigenvalue weighted by Crippen LogP contribution is -2.61. The molecule has 146 valence electrons. The predicted octanol–water partition coefficient (Wildman–Crippen LogP) is -0.686. The van der Waals surface area contributed by atoms with Gasteiger partial charge in [0, 0.05) is 6.20 Å².